The molecule has 1 heterocycles. The van der Waals surface area contributed by atoms with Crippen LogP contribution in [0, 0.1) is 0 Å². The zero-order chi connectivity index (χ0) is 13.1. The SMILES string of the molecule is O=C(Cc1ccc(Cl)cc1Cl)OC1CCOC1=O. The highest BCUT2D eigenvalue weighted by Crippen LogP contribution is 2.22. The first-order valence-corrected chi connectivity index (χ1v) is 6.12. The first kappa shape index (κ1) is 13.2. The fraction of sp³-hybridized carbons (Fsp3) is 0.333. The second-order valence-corrected chi connectivity index (χ2v) is 4.69. The second-order valence-electron chi connectivity index (χ2n) is 3.85. The molecule has 0 aromatic heterocycles. The van der Waals surface area contributed by atoms with E-state index < -0.39 is 18.0 Å². The fourth-order valence-corrected chi connectivity index (χ4v) is 2.08. The summed E-state index contributed by atoms with van der Waals surface area (Å²) in [6, 6.07) is 4.84. The average molecular weight is 289 g/mol. The summed E-state index contributed by atoms with van der Waals surface area (Å²) in [5.74, 6) is -1.01. The molecule has 6 heteroatoms. The molecule has 1 aromatic rings. The summed E-state index contributed by atoms with van der Waals surface area (Å²) in [5, 5.41) is 0.893. The smallest absolute Gasteiger partial charge is 0.347 e. The van der Waals surface area contributed by atoms with Crippen molar-refractivity contribution in [3.05, 3.63) is 33.8 Å². The van der Waals surface area contributed by atoms with E-state index in [0.717, 1.165) is 0 Å². The molecule has 0 amide bonds. The molecule has 1 saturated heterocycles. The second kappa shape index (κ2) is 5.59. The largest absolute Gasteiger partial charge is 0.463 e. The lowest BCUT2D eigenvalue weighted by Gasteiger charge is -2.09. The maximum absolute atomic E-state index is 11.6. The van der Waals surface area contributed by atoms with Crippen molar-refractivity contribution in [3.8, 4) is 0 Å². The van der Waals surface area contributed by atoms with Crippen LogP contribution in [0.3, 0.4) is 0 Å². The van der Waals surface area contributed by atoms with Crippen molar-refractivity contribution in [2.75, 3.05) is 6.61 Å². The summed E-state index contributed by atoms with van der Waals surface area (Å²) < 4.78 is 9.70. The van der Waals surface area contributed by atoms with Gasteiger partial charge in [0.1, 0.15) is 0 Å². The Labute approximate surface area is 114 Å². The minimum absolute atomic E-state index is 0.000216. The Hall–Kier alpha value is -1.26. The van der Waals surface area contributed by atoms with Crippen LogP contribution in [-0.2, 0) is 25.5 Å². The van der Waals surface area contributed by atoms with Crippen molar-refractivity contribution in [2.24, 2.45) is 0 Å². The Kier molecular flexibility index (Phi) is 4.09. The molecule has 0 radical (unpaired) electrons. The molecule has 1 aromatic carbocycles. The minimum Gasteiger partial charge on any atom is -0.463 e. The molecule has 2 rings (SSSR count). The van der Waals surface area contributed by atoms with Gasteiger partial charge in [-0.25, -0.2) is 4.79 Å². The summed E-state index contributed by atoms with van der Waals surface area (Å²) >= 11 is 11.7. The van der Waals surface area contributed by atoms with Gasteiger partial charge < -0.3 is 9.47 Å². The van der Waals surface area contributed by atoms with Crippen molar-refractivity contribution in [1.29, 1.82) is 0 Å². The van der Waals surface area contributed by atoms with Crippen molar-refractivity contribution in [2.45, 2.75) is 18.9 Å². The summed E-state index contributed by atoms with van der Waals surface area (Å²) in [7, 11) is 0. The van der Waals surface area contributed by atoms with Gasteiger partial charge in [-0.3, -0.25) is 4.79 Å². The molecule has 1 unspecified atom stereocenters. The van der Waals surface area contributed by atoms with Crippen LogP contribution in [0.1, 0.15) is 12.0 Å². The lowest BCUT2D eigenvalue weighted by Crippen LogP contribution is -2.23. The molecule has 0 N–H and O–H groups in total. The number of halogens is 2. The topological polar surface area (TPSA) is 52.6 Å². The van der Waals surface area contributed by atoms with E-state index in [9.17, 15) is 9.59 Å². The molecule has 1 fully saturated rings. The summed E-state index contributed by atoms with van der Waals surface area (Å²) in [4.78, 5) is 22.8. The number of carbonyl (C=O) groups is 2. The molecule has 18 heavy (non-hydrogen) atoms. The molecule has 0 bridgehead atoms. The molecule has 1 atom stereocenters. The normalized spacial score (nSPS) is 18.6. The van der Waals surface area contributed by atoms with Crippen LogP contribution in [0.2, 0.25) is 10.0 Å². The van der Waals surface area contributed by atoms with Gasteiger partial charge in [-0.05, 0) is 17.7 Å². The Morgan fingerprint density at radius 3 is 2.83 bits per heavy atom. The quantitative estimate of drug-likeness (QED) is 0.802. The number of hydrogen-bond acceptors (Lipinski definition) is 4. The van der Waals surface area contributed by atoms with E-state index in [1.807, 2.05) is 0 Å². The zero-order valence-electron chi connectivity index (χ0n) is 9.32. The van der Waals surface area contributed by atoms with E-state index in [-0.39, 0.29) is 6.42 Å². The lowest BCUT2D eigenvalue weighted by molar-refractivity contribution is -0.159. The summed E-state index contributed by atoms with van der Waals surface area (Å²) in [5.41, 5.74) is 0.609. The minimum atomic E-state index is -0.788. The maximum Gasteiger partial charge on any atom is 0.347 e. The summed E-state index contributed by atoms with van der Waals surface area (Å²) in [6.45, 7) is 0.290. The molecule has 96 valence electrons. The van der Waals surface area contributed by atoms with Gasteiger partial charge in [0.25, 0.3) is 0 Å². The van der Waals surface area contributed by atoms with E-state index in [0.29, 0.717) is 28.6 Å². The molecule has 0 aliphatic carbocycles. The summed E-state index contributed by atoms with van der Waals surface area (Å²) in [6.07, 6.45) is -0.387. The van der Waals surface area contributed by atoms with Gasteiger partial charge in [0.05, 0.1) is 13.0 Å². The molecule has 4 nitrogen and oxygen atoms in total. The van der Waals surface area contributed by atoms with Gasteiger partial charge in [0.15, 0.2) is 0 Å². The maximum atomic E-state index is 11.6. The average Bonchev–Trinajstić information content (AvgIpc) is 2.69. The van der Waals surface area contributed by atoms with E-state index in [1.54, 1.807) is 18.2 Å². The highest BCUT2D eigenvalue weighted by Gasteiger charge is 2.30. The Morgan fingerprint density at radius 1 is 1.44 bits per heavy atom. The van der Waals surface area contributed by atoms with E-state index >= 15 is 0 Å². The van der Waals surface area contributed by atoms with E-state index in [4.69, 9.17) is 32.7 Å². The first-order chi connectivity index (χ1) is 8.56. The van der Waals surface area contributed by atoms with Crippen LogP contribution in [0.4, 0.5) is 0 Å². The Balaban J connectivity index is 1.96. The number of cyclic esters (lactones) is 1. The highest BCUT2D eigenvalue weighted by molar-refractivity contribution is 6.35. The van der Waals surface area contributed by atoms with E-state index in [1.165, 1.54) is 0 Å². The number of rotatable bonds is 3. The molecule has 0 saturated carbocycles. The van der Waals surface area contributed by atoms with Crippen LogP contribution >= 0.6 is 23.2 Å². The van der Waals surface area contributed by atoms with Gasteiger partial charge in [-0.2, -0.15) is 0 Å². The fourth-order valence-electron chi connectivity index (χ4n) is 1.61. The Bertz CT molecular complexity index is 487. The van der Waals surface area contributed by atoms with Gasteiger partial charge in [0, 0.05) is 16.5 Å². The predicted molar refractivity (Wildman–Crippen MR) is 65.6 cm³/mol. The van der Waals surface area contributed by atoms with Crippen molar-refractivity contribution in [3.63, 3.8) is 0 Å². The number of benzene rings is 1. The van der Waals surface area contributed by atoms with Gasteiger partial charge in [0.2, 0.25) is 6.10 Å². The van der Waals surface area contributed by atoms with E-state index in [2.05, 4.69) is 0 Å². The zero-order valence-corrected chi connectivity index (χ0v) is 10.8. The first-order valence-electron chi connectivity index (χ1n) is 5.36. The van der Waals surface area contributed by atoms with Gasteiger partial charge in [-0.1, -0.05) is 29.3 Å². The third-order valence-electron chi connectivity index (χ3n) is 2.51. The predicted octanol–water partition coefficient (Wildman–Crippen LogP) is 2.39. The molecule has 0 spiro atoms. The molecule has 1 aliphatic rings. The standard InChI is InChI=1S/C12H10Cl2O4/c13-8-2-1-7(9(14)6-8)5-11(15)18-10-3-4-17-12(10)16/h1-2,6,10H,3-5H2. The highest BCUT2D eigenvalue weighted by atomic mass is 35.5. The number of ether oxygens (including phenoxy) is 2. The van der Waals surface area contributed by atoms with Crippen molar-refractivity contribution in [1.82, 2.24) is 0 Å². The number of hydrogen-bond donors (Lipinski definition) is 0. The van der Waals surface area contributed by atoms with Crippen molar-refractivity contribution < 1.29 is 19.1 Å². The Morgan fingerprint density at radius 2 is 2.22 bits per heavy atom. The van der Waals surface area contributed by atoms with Gasteiger partial charge >= 0.3 is 11.9 Å². The lowest BCUT2D eigenvalue weighted by atomic mass is 10.1. The third kappa shape index (κ3) is 3.15. The van der Waals surface area contributed by atoms with Crippen molar-refractivity contribution >= 4 is 35.1 Å². The molecular formula is C12H10Cl2O4. The van der Waals surface area contributed by atoms with Crippen LogP contribution < -0.4 is 0 Å². The number of esters is 2. The monoisotopic (exact) mass is 288 g/mol. The third-order valence-corrected chi connectivity index (χ3v) is 3.10. The van der Waals surface area contributed by atoms with Crippen LogP contribution in [-0.4, -0.2) is 24.6 Å². The molecular weight excluding hydrogens is 279 g/mol. The van der Waals surface area contributed by atoms with Crippen LogP contribution in [0.5, 0.6) is 0 Å². The number of carbonyl (C=O) groups excluding carboxylic acids is 2. The van der Waals surface area contributed by atoms with Crippen LogP contribution in [0.15, 0.2) is 18.2 Å². The van der Waals surface area contributed by atoms with Gasteiger partial charge in [-0.15, -0.1) is 0 Å². The molecule has 1 aliphatic heterocycles. The van der Waals surface area contributed by atoms with Crippen LogP contribution in [0.25, 0.3) is 0 Å².